The van der Waals surface area contributed by atoms with Gasteiger partial charge in [0.15, 0.2) is 0 Å². The average molecular weight is 339 g/mol. The number of hydrogen-bond acceptors (Lipinski definition) is 1. The minimum absolute atomic E-state index is 0.594. The second-order valence-electron chi connectivity index (χ2n) is 4.81. The highest BCUT2D eigenvalue weighted by molar-refractivity contribution is 9.10. The molecule has 0 heterocycles. The molecule has 104 valence electrons. The zero-order valence-corrected chi connectivity index (χ0v) is 13.1. The summed E-state index contributed by atoms with van der Waals surface area (Å²) in [6.07, 6.45) is 0. The van der Waals surface area contributed by atoms with Gasteiger partial charge in [0.1, 0.15) is 12.4 Å². The molecular formula is C19H15BrO. The SMILES string of the molecule is Brc1cccc(-c2ccc(OCc3ccccc3)cc2)c1. The quantitative estimate of drug-likeness (QED) is 0.593. The van der Waals surface area contributed by atoms with Crippen molar-refractivity contribution >= 4 is 15.9 Å². The molecule has 0 bridgehead atoms. The average Bonchev–Trinajstić information content (AvgIpc) is 2.54. The molecule has 3 aromatic rings. The molecule has 0 unspecified atom stereocenters. The topological polar surface area (TPSA) is 9.23 Å². The highest BCUT2D eigenvalue weighted by Gasteiger charge is 2.00. The Morgan fingerprint density at radius 2 is 1.48 bits per heavy atom. The first-order valence-corrected chi connectivity index (χ1v) is 7.63. The van der Waals surface area contributed by atoms with Gasteiger partial charge >= 0.3 is 0 Å². The van der Waals surface area contributed by atoms with Crippen LogP contribution in [0.4, 0.5) is 0 Å². The van der Waals surface area contributed by atoms with E-state index in [9.17, 15) is 0 Å². The van der Waals surface area contributed by atoms with Crippen molar-refractivity contribution in [3.63, 3.8) is 0 Å². The van der Waals surface area contributed by atoms with Gasteiger partial charge in [-0.3, -0.25) is 0 Å². The van der Waals surface area contributed by atoms with E-state index in [1.54, 1.807) is 0 Å². The molecular weight excluding hydrogens is 324 g/mol. The Balaban J connectivity index is 1.69. The van der Waals surface area contributed by atoms with Crippen LogP contribution in [0.15, 0.2) is 83.3 Å². The zero-order valence-electron chi connectivity index (χ0n) is 11.5. The van der Waals surface area contributed by atoms with Gasteiger partial charge < -0.3 is 4.74 Å². The van der Waals surface area contributed by atoms with Gasteiger partial charge in [0.05, 0.1) is 0 Å². The van der Waals surface area contributed by atoms with Crippen LogP contribution in [-0.4, -0.2) is 0 Å². The van der Waals surface area contributed by atoms with Crippen LogP contribution in [0, 0.1) is 0 Å². The van der Waals surface area contributed by atoms with E-state index in [1.807, 2.05) is 42.5 Å². The first-order valence-electron chi connectivity index (χ1n) is 6.84. The van der Waals surface area contributed by atoms with Crippen LogP contribution in [0.3, 0.4) is 0 Å². The standard InChI is InChI=1S/C19H15BrO/c20-18-8-4-7-17(13-18)16-9-11-19(12-10-16)21-14-15-5-2-1-3-6-15/h1-13H,14H2. The van der Waals surface area contributed by atoms with Crippen molar-refractivity contribution in [1.82, 2.24) is 0 Å². The smallest absolute Gasteiger partial charge is 0.119 e. The molecule has 0 saturated carbocycles. The maximum Gasteiger partial charge on any atom is 0.119 e. The summed E-state index contributed by atoms with van der Waals surface area (Å²) in [6, 6.07) is 26.7. The summed E-state index contributed by atoms with van der Waals surface area (Å²) in [7, 11) is 0. The van der Waals surface area contributed by atoms with E-state index in [1.165, 1.54) is 16.7 Å². The van der Waals surface area contributed by atoms with Crippen LogP contribution in [-0.2, 0) is 6.61 Å². The van der Waals surface area contributed by atoms with Crippen LogP contribution in [0.2, 0.25) is 0 Å². The third-order valence-electron chi connectivity index (χ3n) is 3.26. The molecule has 3 rings (SSSR count). The second-order valence-corrected chi connectivity index (χ2v) is 5.72. The van der Waals surface area contributed by atoms with E-state index in [2.05, 4.69) is 52.3 Å². The molecule has 2 heteroatoms. The molecule has 0 saturated heterocycles. The molecule has 1 nitrogen and oxygen atoms in total. The van der Waals surface area contributed by atoms with Gasteiger partial charge in [-0.25, -0.2) is 0 Å². The fraction of sp³-hybridized carbons (Fsp3) is 0.0526. The summed E-state index contributed by atoms with van der Waals surface area (Å²) in [5, 5.41) is 0. The second kappa shape index (κ2) is 6.59. The summed E-state index contributed by atoms with van der Waals surface area (Å²) >= 11 is 3.50. The molecule has 0 amide bonds. The normalized spacial score (nSPS) is 10.3. The molecule has 0 aliphatic heterocycles. The van der Waals surface area contributed by atoms with Gasteiger partial charge in [0, 0.05) is 4.47 Å². The zero-order chi connectivity index (χ0) is 14.5. The molecule has 0 aliphatic carbocycles. The largest absolute Gasteiger partial charge is 0.489 e. The predicted octanol–water partition coefficient (Wildman–Crippen LogP) is 5.70. The first kappa shape index (κ1) is 13.9. The first-order chi connectivity index (χ1) is 10.3. The van der Waals surface area contributed by atoms with Gasteiger partial charge in [-0.05, 0) is 41.0 Å². The van der Waals surface area contributed by atoms with E-state index < -0.39 is 0 Å². The molecule has 0 radical (unpaired) electrons. The third kappa shape index (κ3) is 3.73. The van der Waals surface area contributed by atoms with E-state index in [0.29, 0.717) is 6.61 Å². The lowest BCUT2D eigenvalue weighted by Gasteiger charge is -2.08. The Labute approximate surface area is 133 Å². The van der Waals surface area contributed by atoms with Crippen molar-refractivity contribution in [3.8, 4) is 16.9 Å². The van der Waals surface area contributed by atoms with E-state index in [0.717, 1.165) is 10.2 Å². The Bertz CT molecular complexity index is 705. The third-order valence-corrected chi connectivity index (χ3v) is 3.75. The van der Waals surface area contributed by atoms with E-state index >= 15 is 0 Å². The lowest BCUT2D eigenvalue weighted by Crippen LogP contribution is -1.94. The van der Waals surface area contributed by atoms with Gasteiger partial charge in [-0.1, -0.05) is 70.5 Å². The van der Waals surface area contributed by atoms with E-state index in [4.69, 9.17) is 4.74 Å². The number of halogens is 1. The Morgan fingerprint density at radius 1 is 0.714 bits per heavy atom. The molecule has 0 atom stereocenters. The fourth-order valence-electron chi connectivity index (χ4n) is 2.15. The van der Waals surface area contributed by atoms with Gasteiger partial charge in [-0.2, -0.15) is 0 Å². The molecule has 0 N–H and O–H groups in total. The monoisotopic (exact) mass is 338 g/mol. The maximum atomic E-state index is 5.80. The fourth-order valence-corrected chi connectivity index (χ4v) is 2.55. The Morgan fingerprint density at radius 3 is 2.19 bits per heavy atom. The molecule has 0 aliphatic rings. The maximum absolute atomic E-state index is 5.80. The predicted molar refractivity (Wildman–Crippen MR) is 90.4 cm³/mol. The van der Waals surface area contributed by atoms with Crippen molar-refractivity contribution in [3.05, 3.63) is 88.9 Å². The summed E-state index contributed by atoms with van der Waals surface area (Å²) in [5.74, 6) is 0.887. The summed E-state index contributed by atoms with van der Waals surface area (Å²) < 4.78 is 6.88. The number of hydrogen-bond donors (Lipinski definition) is 0. The minimum Gasteiger partial charge on any atom is -0.489 e. The molecule has 0 spiro atoms. The van der Waals surface area contributed by atoms with Gasteiger partial charge in [0.25, 0.3) is 0 Å². The summed E-state index contributed by atoms with van der Waals surface area (Å²) in [6.45, 7) is 0.594. The molecule has 21 heavy (non-hydrogen) atoms. The van der Waals surface area contributed by atoms with Crippen LogP contribution >= 0.6 is 15.9 Å². The van der Waals surface area contributed by atoms with Crippen LogP contribution in [0.1, 0.15) is 5.56 Å². The van der Waals surface area contributed by atoms with E-state index in [-0.39, 0.29) is 0 Å². The lowest BCUT2D eigenvalue weighted by molar-refractivity contribution is 0.306. The van der Waals surface area contributed by atoms with Gasteiger partial charge in [-0.15, -0.1) is 0 Å². The van der Waals surface area contributed by atoms with Crippen LogP contribution in [0.5, 0.6) is 5.75 Å². The minimum atomic E-state index is 0.594. The summed E-state index contributed by atoms with van der Waals surface area (Å²) in [4.78, 5) is 0. The Hall–Kier alpha value is -2.06. The lowest BCUT2D eigenvalue weighted by atomic mass is 10.1. The van der Waals surface area contributed by atoms with Crippen molar-refractivity contribution in [1.29, 1.82) is 0 Å². The number of benzene rings is 3. The highest BCUT2D eigenvalue weighted by atomic mass is 79.9. The number of rotatable bonds is 4. The Kier molecular flexibility index (Phi) is 4.37. The molecule has 0 fully saturated rings. The van der Waals surface area contributed by atoms with Gasteiger partial charge in [0.2, 0.25) is 0 Å². The van der Waals surface area contributed by atoms with Crippen molar-refractivity contribution in [2.45, 2.75) is 6.61 Å². The van der Waals surface area contributed by atoms with Crippen molar-refractivity contribution < 1.29 is 4.74 Å². The molecule has 3 aromatic carbocycles. The highest BCUT2D eigenvalue weighted by Crippen LogP contribution is 2.25. The number of ether oxygens (including phenoxy) is 1. The summed E-state index contributed by atoms with van der Waals surface area (Å²) in [5.41, 5.74) is 3.55. The molecule has 0 aromatic heterocycles. The van der Waals surface area contributed by atoms with Crippen molar-refractivity contribution in [2.75, 3.05) is 0 Å². The van der Waals surface area contributed by atoms with Crippen molar-refractivity contribution in [2.24, 2.45) is 0 Å². The van der Waals surface area contributed by atoms with Crippen LogP contribution in [0.25, 0.3) is 11.1 Å². The van der Waals surface area contributed by atoms with Crippen LogP contribution < -0.4 is 4.74 Å².